The molecule has 3 heteroatoms. The standard InChI is InChI=1S/C13H19NO2/c1-10(12(15)13(2,3)4)16-14-11-8-6-5-7-9-11/h5-10,14H,1-4H3. The van der Waals surface area contributed by atoms with Crippen molar-refractivity contribution in [1.82, 2.24) is 0 Å². The molecule has 0 saturated heterocycles. The van der Waals surface area contributed by atoms with Gasteiger partial charge in [-0.15, -0.1) is 0 Å². The molecule has 0 aliphatic heterocycles. The predicted octanol–water partition coefficient (Wildman–Crippen LogP) is 3.03. The summed E-state index contributed by atoms with van der Waals surface area (Å²) in [5.74, 6) is 0.0796. The Balaban J connectivity index is 2.48. The van der Waals surface area contributed by atoms with Crippen LogP contribution >= 0.6 is 0 Å². The van der Waals surface area contributed by atoms with Crippen LogP contribution in [0.25, 0.3) is 0 Å². The Morgan fingerprint density at radius 2 is 1.81 bits per heavy atom. The summed E-state index contributed by atoms with van der Waals surface area (Å²) in [6.07, 6.45) is -0.458. The summed E-state index contributed by atoms with van der Waals surface area (Å²) in [5.41, 5.74) is 3.24. The number of Topliss-reactive ketones (excluding diaryl/α,β-unsaturated/α-hetero) is 1. The van der Waals surface area contributed by atoms with E-state index in [0.717, 1.165) is 5.69 Å². The van der Waals surface area contributed by atoms with Crippen LogP contribution in [0.3, 0.4) is 0 Å². The van der Waals surface area contributed by atoms with E-state index < -0.39 is 6.10 Å². The van der Waals surface area contributed by atoms with Gasteiger partial charge in [-0.05, 0) is 19.1 Å². The summed E-state index contributed by atoms with van der Waals surface area (Å²) >= 11 is 0. The van der Waals surface area contributed by atoms with Gasteiger partial charge in [-0.3, -0.25) is 15.1 Å². The van der Waals surface area contributed by atoms with Crippen molar-refractivity contribution in [2.75, 3.05) is 5.48 Å². The molecule has 0 saturated carbocycles. The van der Waals surface area contributed by atoms with Crippen LogP contribution < -0.4 is 5.48 Å². The summed E-state index contributed by atoms with van der Waals surface area (Å²) in [6.45, 7) is 7.41. The van der Waals surface area contributed by atoms with E-state index in [9.17, 15) is 4.79 Å². The largest absolute Gasteiger partial charge is 0.296 e. The SMILES string of the molecule is CC(ONc1ccccc1)C(=O)C(C)(C)C. The molecule has 1 aromatic carbocycles. The van der Waals surface area contributed by atoms with Gasteiger partial charge in [0.05, 0.1) is 5.69 Å². The Kier molecular flexibility index (Phi) is 4.07. The molecule has 1 aromatic rings. The van der Waals surface area contributed by atoms with Gasteiger partial charge in [-0.2, -0.15) is 0 Å². The van der Waals surface area contributed by atoms with Gasteiger partial charge in [0.15, 0.2) is 5.78 Å². The van der Waals surface area contributed by atoms with Crippen LogP contribution in [0.4, 0.5) is 5.69 Å². The third kappa shape index (κ3) is 3.66. The predicted molar refractivity (Wildman–Crippen MR) is 65.1 cm³/mol. The van der Waals surface area contributed by atoms with Gasteiger partial charge in [-0.1, -0.05) is 39.0 Å². The average Bonchev–Trinajstić information content (AvgIpc) is 2.25. The van der Waals surface area contributed by atoms with Gasteiger partial charge in [0.1, 0.15) is 6.10 Å². The molecule has 3 nitrogen and oxygen atoms in total. The van der Waals surface area contributed by atoms with Crippen LogP contribution in [-0.4, -0.2) is 11.9 Å². The second-order valence-electron chi connectivity index (χ2n) is 4.84. The number of benzene rings is 1. The summed E-state index contributed by atoms with van der Waals surface area (Å²) in [6, 6.07) is 9.50. The zero-order chi connectivity index (χ0) is 12.2. The van der Waals surface area contributed by atoms with Gasteiger partial charge >= 0.3 is 0 Å². The summed E-state index contributed by atoms with van der Waals surface area (Å²) in [5, 5.41) is 0. The van der Waals surface area contributed by atoms with Gasteiger partial charge in [-0.25, -0.2) is 0 Å². The molecule has 0 heterocycles. The topological polar surface area (TPSA) is 38.3 Å². The Hall–Kier alpha value is -1.35. The molecule has 0 aromatic heterocycles. The maximum Gasteiger partial charge on any atom is 0.169 e. The van der Waals surface area contributed by atoms with E-state index in [1.54, 1.807) is 6.92 Å². The van der Waals surface area contributed by atoms with Gasteiger partial charge in [0, 0.05) is 5.41 Å². The highest BCUT2D eigenvalue weighted by Gasteiger charge is 2.27. The number of nitrogens with one attached hydrogen (secondary N) is 1. The van der Waals surface area contributed by atoms with E-state index in [2.05, 4.69) is 5.48 Å². The molecule has 0 radical (unpaired) electrons. The normalized spacial score (nSPS) is 13.2. The van der Waals surface area contributed by atoms with Crippen LogP contribution in [0.1, 0.15) is 27.7 Å². The maximum atomic E-state index is 11.8. The van der Waals surface area contributed by atoms with Crippen LogP contribution in [0, 0.1) is 5.41 Å². The van der Waals surface area contributed by atoms with E-state index in [0.29, 0.717) is 0 Å². The first-order valence-corrected chi connectivity index (χ1v) is 5.42. The Labute approximate surface area is 96.8 Å². The Morgan fingerprint density at radius 3 is 2.31 bits per heavy atom. The number of rotatable bonds is 4. The number of carbonyl (C=O) groups is 1. The van der Waals surface area contributed by atoms with E-state index in [1.165, 1.54) is 0 Å². The quantitative estimate of drug-likeness (QED) is 0.794. The number of hydrogen-bond donors (Lipinski definition) is 1. The third-order valence-electron chi connectivity index (χ3n) is 2.24. The van der Waals surface area contributed by atoms with Gasteiger partial charge < -0.3 is 0 Å². The maximum absolute atomic E-state index is 11.8. The number of anilines is 1. The van der Waals surface area contributed by atoms with Crippen molar-refractivity contribution in [2.45, 2.75) is 33.8 Å². The van der Waals surface area contributed by atoms with Crippen LogP contribution in [-0.2, 0) is 9.63 Å². The van der Waals surface area contributed by atoms with Crippen LogP contribution in [0.15, 0.2) is 30.3 Å². The smallest absolute Gasteiger partial charge is 0.169 e. The van der Waals surface area contributed by atoms with Crippen molar-refractivity contribution in [1.29, 1.82) is 0 Å². The third-order valence-corrected chi connectivity index (χ3v) is 2.24. The number of hydrogen-bond acceptors (Lipinski definition) is 3. The van der Waals surface area contributed by atoms with Crippen molar-refractivity contribution in [3.05, 3.63) is 30.3 Å². The van der Waals surface area contributed by atoms with Crippen molar-refractivity contribution in [3.63, 3.8) is 0 Å². The fourth-order valence-electron chi connectivity index (χ4n) is 1.33. The monoisotopic (exact) mass is 221 g/mol. The van der Waals surface area contributed by atoms with E-state index in [1.807, 2.05) is 51.1 Å². The minimum absolute atomic E-state index is 0.0796. The highest BCUT2D eigenvalue weighted by molar-refractivity contribution is 5.87. The van der Waals surface area contributed by atoms with E-state index >= 15 is 0 Å². The molecule has 0 bridgehead atoms. The minimum Gasteiger partial charge on any atom is -0.296 e. The first kappa shape index (κ1) is 12.7. The lowest BCUT2D eigenvalue weighted by molar-refractivity contribution is -0.135. The lowest BCUT2D eigenvalue weighted by Gasteiger charge is -2.22. The van der Waals surface area contributed by atoms with Gasteiger partial charge in [0.25, 0.3) is 0 Å². The number of para-hydroxylation sites is 1. The second kappa shape index (κ2) is 5.12. The molecule has 0 aliphatic rings. The van der Waals surface area contributed by atoms with E-state index in [-0.39, 0.29) is 11.2 Å². The van der Waals surface area contributed by atoms with Crippen molar-refractivity contribution < 1.29 is 9.63 Å². The summed E-state index contributed by atoms with van der Waals surface area (Å²) < 4.78 is 0. The minimum atomic E-state index is -0.458. The molecular formula is C13H19NO2. The van der Waals surface area contributed by atoms with E-state index in [4.69, 9.17) is 4.84 Å². The Bertz CT molecular complexity index is 341. The fourth-order valence-corrected chi connectivity index (χ4v) is 1.33. The molecule has 0 aliphatic carbocycles. The van der Waals surface area contributed by atoms with Crippen LogP contribution in [0.5, 0.6) is 0 Å². The highest BCUT2D eigenvalue weighted by Crippen LogP contribution is 2.18. The molecule has 0 fully saturated rings. The van der Waals surface area contributed by atoms with Crippen molar-refractivity contribution >= 4 is 11.5 Å². The lowest BCUT2D eigenvalue weighted by atomic mass is 9.88. The average molecular weight is 221 g/mol. The van der Waals surface area contributed by atoms with Crippen molar-refractivity contribution in [3.8, 4) is 0 Å². The zero-order valence-electron chi connectivity index (χ0n) is 10.3. The molecule has 0 spiro atoms. The highest BCUT2D eigenvalue weighted by atomic mass is 16.7. The van der Waals surface area contributed by atoms with Gasteiger partial charge in [0.2, 0.25) is 0 Å². The number of carbonyl (C=O) groups excluding carboxylic acids is 1. The summed E-state index contributed by atoms with van der Waals surface area (Å²) in [4.78, 5) is 17.1. The first-order valence-electron chi connectivity index (χ1n) is 5.42. The molecule has 1 unspecified atom stereocenters. The molecule has 1 rings (SSSR count). The first-order chi connectivity index (χ1) is 7.41. The zero-order valence-corrected chi connectivity index (χ0v) is 10.3. The molecule has 88 valence electrons. The molecule has 16 heavy (non-hydrogen) atoms. The summed E-state index contributed by atoms with van der Waals surface area (Å²) in [7, 11) is 0. The van der Waals surface area contributed by atoms with Crippen LogP contribution in [0.2, 0.25) is 0 Å². The molecule has 1 atom stereocenters. The van der Waals surface area contributed by atoms with Crippen molar-refractivity contribution in [2.24, 2.45) is 5.41 Å². The Morgan fingerprint density at radius 1 is 1.25 bits per heavy atom. The lowest BCUT2D eigenvalue weighted by Crippen LogP contribution is -2.33. The molecular weight excluding hydrogens is 202 g/mol. The number of ketones is 1. The molecule has 0 amide bonds. The fraction of sp³-hybridized carbons (Fsp3) is 0.462. The second-order valence-corrected chi connectivity index (χ2v) is 4.84. The molecule has 1 N–H and O–H groups in total.